The maximum absolute atomic E-state index is 12.3. The molecule has 0 N–H and O–H groups in total. The molecule has 0 bridgehead atoms. The Hall–Kier alpha value is -2.01. The number of carbonyl (C=O) groups is 1. The van der Waals surface area contributed by atoms with Crippen molar-refractivity contribution in [1.29, 1.82) is 0 Å². The van der Waals surface area contributed by atoms with E-state index in [1.165, 1.54) is 12.8 Å². The molecule has 2 heterocycles. The van der Waals surface area contributed by atoms with Gasteiger partial charge in [0.05, 0.1) is 22.9 Å². The Bertz CT molecular complexity index is 758. The molecule has 5 heteroatoms. The molecular formula is C20H26N4O. The van der Waals surface area contributed by atoms with E-state index >= 15 is 0 Å². The summed E-state index contributed by atoms with van der Waals surface area (Å²) >= 11 is 0. The number of para-hydroxylation sites is 2. The Balaban J connectivity index is 1.39. The highest BCUT2D eigenvalue weighted by Gasteiger charge is 2.30. The number of hydrogen-bond donors (Lipinski definition) is 0. The van der Waals surface area contributed by atoms with Gasteiger partial charge in [0.25, 0.3) is 0 Å². The number of hydrogen-bond acceptors (Lipinski definition) is 4. The summed E-state index contributed by atoms with van der Waals surface area (Å²) in [7, 11) is 2.14. The van der Waals surface area contributed by atoms with E-state index in [1.54, 1.807) is 0 Å². The summed E-state index contributed by atoms with van der Waals surface area (Å²) in [4.78, 5) is 26.0. The second-order valence-corrected chi connectivity index (χ2v) is 7.53. The average Bonchev–Trinajstić information content (AvgIpc) is 3.45. The lowest BCUT2D eigenvalue weighted by Gasteiger charge is -2.27. The molecule has 1 unspecified atom stereocenters. The SMILES string of the molecule is CN(Cc1cnc2ccccc2n1)C1CCC(=O)N(CC2CC2)CC1. The van der Waals surface area contributed by atoms with Gasteiger partial charge in [-0.15, -0.1) is 0 Å². The van der Waals surface area contributed by atoms with E-state index in [0.717, 1.165) is 55.1 Å². The fourth-order valence-corrected chi connectivity index (χ4v) is 3.72. The molecule has 1 saturated heterocycles. The van der Waals surface area contributed by atoms with Gasteiger partial charge in [-0.2, -0.15) is 0 Å². The molecule has 2 aliphatic rings. The van der Waals surface area contributed by atoms with Crippen molar-refractivity contribution in [3.05, 3.63) is 36.2 Å². The summed E-state index contributed by atoms with van der Waals surface area (Å²) in [6, 6.07) is 8.41. The van der Waals surface area contributed by atoms with Gasteiger partial charge >= 0.3 is 0 Å². The molecule has 1 aromatic carbocycles. The largest absolute Gasteiger partial charge is 0.342 e. The molecule has 1 aliphatic carbocycles. The number of benzene rings is 1. The van der Waals surface area contributed by atoms with Crippen LogP contribution < -0.4 is 0 Å². The molecule has 4 rings (SSSR count). The molecule has 0 spiro atoms. The van der Waals surface area contributed by atoms with Crippen molar-refractivity contribution in [3.8, 4) is 0 Å². The lowest BCUT2D eigenvalue weighted by molar-refractivity contribution is -0.130. The molecule has 2 aromatic rings. The maximum atomic E-state index is 12.3. The first kappa shape index (κ1) is 16.5. The highest BCUT2D eigenvalue weighted by molar-refractivity contribution is 5.76. The lowest BCUT2D eigenvalue weighted by atomic mass is 10.1. The molecule has 132 valence electrons. The lowest BCUT2D eigenvalue weighted by Crippen LogP contribution is -2.34. The summed E-state index contributed by atoms with van der Waals surface area (Å²) in [5.74, 6) is 1.11. The highest BCUT2D eigenvalue weighted by Crippen LogP contribution is 2.31. The third-order valence-corrected chi connectivity index (χ3v) is 5.49. The van der Waals surface area contributed by atoms with Crippen LogP contribution in [0.3, 0.4) is 0 Å². The van der Waals surface area contributed by atoms with Crippen molar-refractivity contribution < 1.29 is 4.79 Å². The average molecular weight is 338 g/mol. The number of aromatic nitrogens is 2. The molecular weight excluding hydrogens is 312 g/mol. The zero-order valence-corrected chi connectivity index (χ0v) is 14.9. The molecule has 1 atom stereocenters. The van der Waals surface area contributed by atoms with Crippen molar-refractivity contribution in [2.24, 2.45) is 5.92 Å². The van der Waals surface area contributed by atoms with Gasteiger partial charge in [0.15, 0.2) is 0 Å². The minimum Gasteiger partial charge on any atom is -0.342 e. The van der Waals surface area contributed by atoms with E-state index in [2.05, 4.69) is 21.8 Å². The van der Waals surface area contributed by atoms with Gasteiger partial charge in [-0.05, 0) is 50.8 Å². The summed E-state index contributed by atoms with van der Waals surface area (Å²) < 4.78 is 0. The number of carbonyl (C=O) groups excluding carboxylic acids is 1. The van der Waals surface area contributed by atoms with E-state index < -0.39 is 0 Å². The van der Waals surface area contributed by atoms with Crippen LogP contribution in [0.5, 0.6) is 0 Å². The zero-order valence-electron chi connectivity index (χ0n) is 14.9. The van der Waals surface area contributed by atoms with Crippen molar-refractivity contribution in [3.63, 3.8) is 0 Å². The standard InChI is InChI=1S/C20H26N4O/c1-23(14-16-12-21-18-4-2-3-5-19(18)22-16)17-8-9-20(25)24(11-10-17)13-15-6-7-15/h2-5,12,15,17H,6-11,13-14H2,1H3. The van der Waals surface area contributed by atoms with Crippen LogP contribution in [0.4, 0.5) is 0 Å². The Morgan fingerprint density at radius 1 is 1.16 bits per heavy atom. The topological polar surface area (TPSA) is 49.3 Å². The first-order chi connectivity index (χ1) is 12.2. The minimum absolute atomic E-state index is 0.341. The number of fused-ring (bicyclic) bond motifs is 1. The Kier molecular flexibility index (Phi) is 4.66. The Labute approximate surface area is 149 Å². The van der Waals surface area contributed by atoms with Gasteiger partial charge in [-0.3, -0.25) is 14.7 Å². The molecule has 1 aromatic heterocycles. The van der Waals surface area contributed by atoms with E-state index in [9.17, 15) is 4.79 Å². The number of likely N-dealkylation sites (tertiary alicyclic amines) is 1. The zero-order chi connectivity index (χ0) is 17.2. The van der Waals surface area contributed by atoms with Gasteiger partial charge in [-0.1, -0.05) is 12.1 Å². The van der Waals surface area contributed by atoms with E-state index in [4.69, 9.17) is 4.98 Å². The van der Waals surface area contributed by atoms with Crippen molar-refractivity contribution in [1.82, 2.24) is 19.8 Å². The van der Waals surface area contributed by atoms with E-state index in [0.29, 0.717) is 18.4 Å². The number of rotatable bonds is 5. The monoisotopic (exact) mass is 338 g/mol. The first-order valence-corrected chi connectivity index (χ1v) is 9.38. The predicted octanol–water partition coefficient (Wildman–Crippen LogP) is 2.85. The molecule has 25 heavy (non-hydrogen) atoms. The molecule has 1 amide bonds. The van der Waals surface area contributed by atoms with Crippen LogP contribution in [0.2, 0.25) is 0 Å². The molecule has 2 fully saturated rings. The summed E-state index contributed by atoms with van der Waals surface area (Å²) in [6.45, 7) is 2.65. The number of amides is 1. The van der Waals surface area contributed by atoms with Crippen molar-refractivity contribution >= 4 is 16.9 Å². The Morgan fingerprint density at radius 3 is 2.76 bits per heavy atom. The smallest absolute Gasteiger partial charge is 0.222 e. The van der Waals surface area contributed by atoms with Crippen LogP contribution in [0.25, 0.3) is 11.0 Å². The molecule has 1 aliphatic heterocycles. The van der Waals surface area contributed by atoms with Crippen molar-refractivity contribution in [2.75, 3.05) is 20.1 Å². The maximum Gasteiger partial charge on any atom is 0.222 e. The normalized spacial score (nSPS) is 21.8. The van der Waals surface area contributed by atoms with Crippen LogP contribution in [-0.2, 0) is 11.3 Å². The quantitative estimate of drug-likeness (QED) is 0.841. The molecule has 0 radical (unpaired) electrons. The van der Waals surface area contributed by atoms with Crippen LogP contribution in [0, 0.1) is 5.92 Å². The van der Waals surface area contributed by atoms with Gasteiger partial charge in [-0.25, -0.2) is 4.98 Å². The van der Waals surface area contributed by atoms with Crippen molar-refractivity contribution in [2.45, 2.75) is 44.7 Å². The van der Waals surface area contributed by atoms with Gasteiger partial charge in [0.2, 0.25) is 5.91 Å². The molecule has 5 nitrogen and oxygen atoms in total. The molecule has 1 saturated carbocycles. The summed E-state index contributed by atoms with van der Waals surface area (Å²) in [5, 5.41) is 0. The van der Waals surface area contributed by atoms with Crippen LogP contribution >= 0.6 is 0 Å². The van der Waals surface area contributed by atoms with Gasteiger partial charge in [0, 0.05) is 32.1 Å². The summed E-state index contributed by atoms with van der Waals surface area (Å²) in [5.41, 5.74) is 2.87. The minimum atomic E-state index is 0.341. The second-order valence-electron chi connectivity index (χ2n) is 7.53. The van der Waals surface area contributed by atoms with E-state index in [-0.39, 0.29) is 0 Å². The van der Waals surface area contributed by atoms with Crippen LogP contribution in [0.1, 0.15) is 37.8 Å². The fraction of sp³-hybridized carbons (Fsp3) is 0.550. The van der Waals surface area contributed by atoms with Gasteiger partial charge in [0.1, 0.15) is 0 Å². The Morgan fingerprint density at radius 2 is 1.96 bits per heavy atom. The fourth-order valence-electron chi connectivity index (χ4n) is 3.72. The third kappa shape index (κ3) is 3.98. The second kappa shape index (κ2) is 7.08. The third-order valence-electron chi connectivity index (χ3n) is 5.49. The van der Waals surface area contributed by atoms with E-state index in [1.807, 2.05) is 30.5 Å². The predicted molar refractivity (Wildman–Crippen MR) is 97.9 cm³/mol. The number of nitrogens with zero attached hydrogens (tertiary/aromatic N) is 4. The van der Waals surface area contributed by atoms with Crippen LogP contribution in [0.15, 0.2) is 30.5 Å². The highest BCUT2D eigenvalue weighted by atomic mass is 16.2. The first-order valence-electron chi connectivity index (χ1n) is 9.38. The van der Waals surface area contributed by atoms with Crippen LogP contribution in [-0.4, -0.2) is 51.9 Å². The van der Waals surface area contributed by atoms with Gasteiger partial charge < -0.3 is 4.90 Å². The summed E-state index contributed by atoms with van der Waals surface area (Å²) in [6.07, 6.45) is 7.14.